The Kier molecular flexibility index (Phi) is 5.41. The molecule has 0 fully saturated rings. The lowest BCUT2D eigenvalue weighted by atomic mass is 10.1. The largest absolute Gasteiger partial charge is 0.497 e. The summed E-state index contributed by atoms with van der Waals surface area (Å²) in [5.41, 5.74) is 1.79. The van der Waals surface area contributed by atoms with Gasteiger partial charge in [0.05, 0.1) is 35.4 Å². The molecule has 0 saturated carbocycles. The van der Waals surface area contributed by atoms with Gasteiger partial charge in [-0.25, -0.2) is 0 Å². The lowest BCUT2D eigenvalue weighted by Crippen LogP contribution is -2.15. The highest BCUT2D eigenvalue weighted by atomic mass is 35.5. The van der Waals surface area contributed by atoms with Crippen molar-refractivity contribution in [3.63, 3.8) is 0 Å². The highest BCUT2D eigenvalue weighted by Gasteiger charge is 2.17. The zero-order valence-electron chi connectivity index (χ0n) is 12.7. The van der Waals surface area contributed by atoms with Gasteiger partial charge in [-0.15, -0.1) is 0 Å². The molecule has 0 aromatic heterocycles. The molecule has 2 N–H and O–H groups in total. The van der Waals surface area contributed by atoms with Crippen molar-refractivity contribution in [2.75, 3.05) is 19.0 Å². The first-order valence-electron chi connectivity index (χ1n) is 6.92. The van der Waals surface area contributed by atoms with Crippen LogP contribution in [0.2, 0.25) is 5.02 Å². The molecule has 122 valence electrons. The van der Waals surface area contributed by atoms with Gasteiger partial charge in [0.1, 0.15) is 5.75 Å². The summed E-state index contributed by atoms with van der Waals surface area (Å²) in [6.45, 7) is 1.47. The number of aliphatic hydroxyl groups is 1. The molecule has 0 amide bonds. The maximum Gasteiger partial charge on any atom is 0.273 e. The Morgan fingerprint density at radius 3 is 2.74 bits per heavy atom. The molecule has 0 aliphatic rings. The first-order valence-corrected chi connectivity index (χ1v) is 7.30. The van der Waals surface area contributed by atoms with Gasteiger partial charge in [0.15, 0.2) is 0 Å². The summed E-state index contributed by atoms with van der Waals surface area (Å²) in [6.07, 6.45) is 0. The predicted molar refractivity (Wildman–Crippen MR) is 89.3 cm³/mol. The molecule has 0 heterocycles. The molecule has 0 radical (unpaired) electrons. The molecule has 0 aliphatic carbocycles. The Balaban J connectivity index is 2.31. The quantitative estimate of drug-likeness (QED) is 0.620. The van der Waals surface area contributed by atoms with E-state index in [1.54, 1.807) is 32.2 Å². The summed E-state index contributed by atoms with van der Waals surface area (Å²) in [5, 5.41) is 23.9. The number of hydrogen-bond acceptors (Lipinski definition) is 5. The number of rotatable bonds is 6. The monoisotopic (exact) mass is 336 g/mol. The predicted octanol–water partition coefficient (Wildman–Crippen LogP) is 3.71. The van der Waals surface area contributed by atoms with E-state index in [9.17, 15) is 15.2 Å². The van der Waals surface area contributed by atoms with Crippen molar-refractivity contribution in [1.82, 2.24) is 0 Å². The van der Waals surface area contributed by atoms with E-state index in [-0.39, 0.29) is 17.3 Å². The van der Waals surface area contributed by atoms with Crippen LogP contribution >= 0.6 is 11.6 Å². The number of halogens is 1. The third kappa shape index (κ3) is 3.91. The third-order valence-electron chi connectivity index (χ3n) is 3.49. The van der Waals surface area contributed by atoms with Crippen LogP contribution in [-0.4, -0.2) is 23.7 Å². The molecule has 0 saturated heterocycles. The topological polar surface area (TPSA) is 84.6 Å². The van der Waals surface area contributed by atoms with Gasteiger partial charge in [-0.2, -0.15) is 0 Å². The molecule has 0 bridgehead atoms. The van der Waals surface area contributed by atoms with E-state index in [0.717, 1.165) is 5.56 Å². The van der Waals surface area contributed by atoms with Crippen LogP contribution in [-0.2, 0) is 0 Å². The fourth-order valence-electron chi connectivity index (χ4n) is 2.26. The van der Waals surface area contributed by atoms with Crippen molar-refractivity contribution in [3.8, 4) is 5.75 Å². The number of aryl methyl sites for hydroxylation is 1. The zero-order chi connectivity index (χ0) is 17.0. The minimum absolute atomic E-state index is 0.0394. The standard InChI is InChI=1S/C16H17ClN2O4/c1-10-6-14(13(17)8-16(10)19(21)22)18-15(9-20)11-4-3-5-12(7-11)23-2/h3-8,15,18,20H,9H2,1-2H3. The second-order valence-corrected chi connectivity index (χ2v) is 5.44. The summed E-state index contributed by atoms with van der Waals surface area (Å²) >= 11 is 6.12. The first-order chi connectivity index (χ1) is 11.0. The molecule has 0 spiro atoms. The van der Waals surface area contributed by atoms with Crippen LogP contribution in [0.1, 0.15) is 17.2 Å². The molecule has 2 aromatic carbocycles. The van der Waals surface area contributed by atoms with E-state index in [0.29, 0.717) is 17.0 Å². The summed E-state index contributed by atoms with van der Waals surface area (Å²) in [7, 11) is 1.57. The number of nitrogens with one attached hydrogen (secondary N) is 1. The minimum atomic E-state index is -0.476. The molecular formula is C16H17ClN2O4. The van der Waals surface area contributed by atoms with Gasteiger partial charge in [-0.1, -0.05) is 23.7 Å². The molecule has 23 heavy (non-hydrogen) atoms. The number of aliphatic hydroxyl groups excluding tert-OH is 1. The molecule has 2 rings (SSSR count). The van der Waals surface area contributed by atoms with E-state index in [1.165, 1.54) is 6.07 Å². The number of nitro benzene ring substituents is 1. The van der Waals surface area contributed by atoms with Crippen molar-refractivity contribution in [2.24, 2.45) is 0 Å². The van der Waals surface area contributed by atoms with Crippen molar-refractivity contribution in [3.05, 3.63) is 62.7 Å². The highest BCUT2D eigenvalue weighted by molar-refractivity contribution is 6.33. The maximum atomic E-state index is 10.9. The minimum Gasteiger partial charge on any atom is -0.497 e. The van der Waals surface area contributed by atoms with Crippen molar-refractivity contribution >= 4 is 23.0 Å². The Bertz CT molecular complexity index is 721. The van der Waals surface area contributed by atoms with Crippen LogP contribution in [0.3, 0.4) is 0 Å². The normalized spacial score (nSPS) is 11.8. The lowest BCUT2D eigenvalue weighted by Gasteiger charge is -2.20. The Morgan fingerprint density at radius 1 is 1.39 bits per heavy atom. The average Bonchev–Trinajstić information content (AvgIpc) is 2.54. The summed E-state index contributed by atoms with van der Waals surface area (Å²) < 4.78 is 5.17. The molecule has 1 unspecified atom stereocenters. The van der Waals surface area contributed by atoms with Crippen LogP contribution in [0.25, 0.3) is 0 Å². The van der Waals surface area contributed by atoms with Crippen LogP contribution in [0.15, 0.2) is 36.4 Å². The number of methoxy groups -OCH3 is 1. The van der Waals surface area contributed by atoms with Gasteiger partial charge >= 0.3 is 0 Å². The second-order valence-electron chi connectivity index (χ2n) is 5.03. The first kappa shape index (κ1) is 17.1. The van der Waals surface area contributed by atoms with Crippen LogP contribution in [0.5, 0.6) is 5.75 Å². The number of benzene rings is 2. The third-order valence-corrected chi connectivity index (χ3v) is 3.80. The van der Waals surface area contributed by atoms with Gasteiger partial charge in [0.2, 0.25) is 0 Å². The van der Waals surface area contributed by atoms with E-state index < -0.39 is 11.0 Å². The van der Waals surface area contributed by atoms with Crippen LogP contribution < -0.4 is 10.1 Å². The number of anilines is 1. The van der Waals surface area contributed by atoms with E-state index in [1.807, 2.05) is 12.1 Å². The van der Waals surface area contributed by atoms with Gasteiger partial charge in [0, 0.05) is 11.6 Å². The molecule has 7 heteroatoms. The van der Waals surface area contributed by atoms with Crippen molar-refractivity contribution < 1.29 is 14.8 Å². The zero-order valence-corrected chi connectivity index (χ0v) is 13.5. The molecule has 1 atom stereocenters. The summed E-state index contributed by atoms with van der Waals surface area (Å²) in [4.78, 5) is 10.5. The molecular weight excluding hydrogens is 320 g/mol. The van der Waals surface area contributed by atoms with E-state index in [4.69, 9.17) is 16.3 Å². The highest BCUT2D eigenvalue weighted by Crippen LogP contribution is 2.33. The fraction of sp³-hybridized carbons (Fsp3) is 0.250. The number of ether oxygens (including phenoxy) is 1. The van der Waals surface area contributed by atoms with Crippen molar-refractivity contribution in [2.45, 2.75) is 13.0 Å². The molecule has 2 aromatic rings. The smallest absolute Gasteiger partial charge is 0.273 e. The van der Waals surface area contributed by atoms with Gasteiger partial charge in [-0.05, 0) is 30.7 Å². The van der Waals surface area contributed by atoms with Gasteiger partial charge in [-0.3, -0.25) is 10.1 Å². The maximum absolute atomic E-state index is 10.9. The number of hydrogen-bond donors (Lipinski definition) is 2. The van der Waals surface area contributed by atoms with E-state index in [2.05, 4.69) is 5.32 Å². The van der Waals surface area contributed by atoms with Gasteiger partial charge in [0.25, 0.3) is 5.69 Å². The summed E-state index contributed by atoms with van der Waals surface area (Å²) in [6, 6.07) is 9.77. The van der Waals surface area contributed by atoms with Crippen molar-refractivity contribution in [1.29, 1.82) is 0 Å². The SMILES string of the molecule is COc1cccc(C(CO)Nc2cc(C)c([N+](=O)[O-])cc2Cl)c1. The number of nitro groups is 1. The summed E-state index contributed by atoms with van der Waals surface area (Å²) in [5.74, 6) is 0.675. The number of nitrogens with zero attached hydrogens (tertiary/aromatic N) is 1. The van der Waals surface area contributed by atoms with Gasteiger partial charge < -0.3 is 15.2 Å². The lowest BCUT2D eigenvalue weighted by molar-refractivity contribution is -0.385. The molecule has 6 nitrogen and oxygen atoms in total. The van der Waals surface area contributed by atoms with E-state index >= 15 is 0 Å². The van der Waals surface area contributed by atoms with Crippen LogP contribution in [0.4, 0.5) is 11.4 Å². The Morgan fingerprint density at radius 2 is 2.13 bits per heavy atom. The Hall–Kier alpha value is -2.31. The molecule has 0 aliphatic heterocycles. The fourth-order valence-corrected chi connectivity index (χ4v) is 2.47. The average molecular weight is 337 g/mol. The van der Waals surface area contributed by atoms with Crippen LogP contribution in [0, 0.1) is 17.0 Å². The second kappa shape index (κ2) is 7.30. The Labute approximate surface area is 138 Å².